The average molecular weight is 247 g/mol. The summed E-state index contributed by atoms with van der Waals surface area (Å²) in [4.78, 5) is 24.2. The lowest BCUT2D eigenvalue weighted by Crippen LogP contribution is -2.31. The molecule has 0 saturated carbocycles. The Hall–Kier alpha value is -1.84. The zero-order chi connectivity index (χ0) is 13.0. The van der Waals surface area contributed by atoms with Crippen molar-refractivity contribution in [1.29, 1.82) is 0 Å². The second-order valence-electron chi connectivity index (χ2n) is 4.59. The van der Waals surface area contributed by atoms with Gasteiger partial charge < -0.3 is 10.0 Å². The van der Waals surface area contributed by atoms with Gasteiger partial charge in [0.05, 0.1) is 0 Å². The summed E-state index contributed by atoms with van der Waals surface area (Å²) in [5, 5.41) is 8.86. The van der Waals surface area contributed by atoms with Crippen molar-refractivity contribution in [2.45, 2.75) is 19.3 Å². The minimum Gasteiger partial charge on any atom is -0.481 e. The van der Waals surface area contributed by atoms with Gasteiger partial charge in [-0.3, -0.25) is 9.59 Å². The summed E-state index contributed by atoms with van der Waals surface area (Å²) in [5.41, 5.74) is 1.25. The van der Waals surface area contributed by atoms with E-state index in [4.69, 9.17) is 5.11 Å². The van der Waals surface area contributed by atoms with E-state index in [1.54, 1.807) is 4.90 Å². The summed E-state index contributed by atoms with van der Waals surface area (Å²) < 4.78 is 0. The molecule has 1 saturated heterocycles. The second-order valence-corrected chi connectivity index (χ2v) is 4.59. The average Bonchev–Trinajstić information content (AvgIpc) is 2.73. The number of hydrogen-bond donors (Lipinski definition) is 1. The number of benzene rings is 1. The smallest absolute Gasteiger partial charge is 0.316 e. The molecule has 1 atom stereocenters. The summed E-state index contributed by atoms with van der Waals surface area (Å²) >= 11 is 0. The molecule has 18 heavy (non-hydrogen) atoms. The van der Waals surface area contributed by atoms with E-state index >= 15 is 0 Å². The van der Waals surface area contributed by atoms with Gasteiger partial charge in [-0.1, -0.05) is 30.3 Å². The zero-order valence-corrected chi connectivity index (χ0v) is 10.2. The van der Waals surface area contributed by atoms with Gasteiger partial charge in [-0.05, 0) is 24.8 Å². The van der Waals surface area contributed by atoms with Gasteiger partial charge in [0.15, 0.2) is 0 Å². The Balaban J connectivity index is 1.78. The van der Waals surface area contributed by atoms with Crippen LogP contribution in [0.4, 0.5) is 0 Å². The minimum absolute atomic E-state index is 0.226. The van der Waals surface area contributed by atoms with Gasteiger partial charge in [0, 0.05) is 13.1 Å². The highest BCUT2D eigenvalue weighted by Gasteiger charge is 2.36. The summed E-state index contributed by atoms with van der Waals surface area (Å²) in [6.45, 7) is 1.22. The van der Waals surface area contributed by atoms with Gasteiger partial charge in [-0.15, -0.1) is 0 Å². The first-order chi connectivity index (χ1) is 8.68. The van der Waals surface area contributed by atoms with Gasteiger partial charge >= 0.3 is 5.97 Å². The molecule has 1 aromatic carbocycles. The number of carboxylic acid groups (broad SMARTS) is 1. The first-order valence-electron chi connectivity index (χ1n) is 6.24. The van der Waals surface area contributed by atoms with Crippen LogP contribution >= 0.6 is 0 Å². The van der Waals surface area contributed by atoms with Crippen LogP contribution in [0.25, 0.3) is 0 Å². The largest absolute Gasteiger partial charge is 0.481 e. The first-order valence-corrected chi connectivity index (χ1v) is 6.24. The minimum atomic E-state index is -0.995. The highest BCUT2D eigenvalue weighted by molar-refractivity contribution is 5.98. The predicted octanol–water partition coefficient (Wildman–Crippen LogP) is 1.55. The summed E-state index contributed by atoms with van der Waals surface area (Å²) in [5.74, 6) is -2.04. The third-order valence-electron chi connectivity index (χ3n) is 3.33. The number of carboxylic acids is 1. The van der Waals surface area contributed by atoms with Crippen LogP contribution in [0.5, 0.6) is 0 Å². The number of carbonyl (C=O) groups excluding carboxylic acids is 1. The molecule has 0 radical (unpaired) electrons. The topological polar surface area (TPSA) is 57.6 Å². The van der Waals surface area contributed by atoms with E-state index in [9.17, 15) is 9.59 Å². The standard InChI is InChI=1S/C14H17NO3/c16-13-12(14(17)18)8-10-15(13)9-4-7-11-5-2-1-3-6-11/h1-3,5-6,12H,4,7-10H2,(H,17,18). The molecular weight excluding hydrogens is 230 g/mol. The van der Waals surface area contributed by atoms with Gasteiger partial charge in [0.2, 0.25) is 5.91 Å². The van der Waals surface area contributed by atoms with Gasteiger partial charge in [-0.25, -0.2) is 0 Å². The molecule has 2 rings (SSSR count). The molecule has 1 amide bonds. The third kappa shape index (κ3) is 2.88. The highest BCUT2D eigenvalue weighted by atomic mass is 16.4. The number of aliphatic carboxylic acids is 1. The van der Waals surface area contributed by atoms with Crippen LogP contribution in [0, 0.1) is 5.92 Å². The molecule has 4 heteroatoms. The van der Waals surface area contributed by atoms with Crippen molar-refractivity contribution in [3.8, 4) is 0 Å². The molecule has 1 N–H and O–H groups in total. The Labute approximate surface area is 106 Å². The fraction of sp³-hybridized carbons (Fsp3) is 0.429. The Morgan fingerprint density at radius 2 is 2.06 bits per heavy atom. The number of hydrogen-bond acceptors (Lipinski definition) is 2. The van der Waals surface area contributed by atoms with E-state index < -0.39 is 11.9 Å². The molecule has 0 bridgehead atoms. The van der Waals surface area contributed by atoms with E-state index in [1.165, 1.54) is 5.56 Å². The Morgan fingerprint density at radius 1 is 1.33 bits per heavy atom. The van der Waals surface area contributed by atoms with Crippen molar-refractivity contribution in [3.05, 3.63) is 35.9 Å². The van der Waals surface area contributed by atoms with E-state index in [0.717, 1.165) is 12.8 Å². The van der Waals surface area contributed by atoms with Crippen LogP contribution in [-0.2, 0) is 16.0 Å². The van der Waals surface area contributed by atoms with E-state index in [0.29, 0.717) is 19.5 Å². The fourth-order valence-electron chi connectivity index (χ4n) is 2.31. The normalized spacial score (nSPS) is 19.2. The molecule has 4 nitrogen and oxygen atoms in total. The number of aryl methyl sites for hydroxylation is 1. The van der Waals surface area contributed by atoms with Gasteiger partial charge in [-0.2, -0.15) is 0 Å². The zero-order valence-electron chi connectivity index (χ0n) is 10.2. The van der Waals surface area contributed by atoms with Gasteiger partial charge in [0.1, 0.15) is 5.92 Å². The summed E-state index contributed by atoms with van der Waals surface area (Å²) in [7, 11) is 0. The van der Waals surface area contributed by atoms with Crippen LogP contribution in [-0.4, -0.2) is 35.0 Å². The SMILES string of the molecule is O=C(O)C1CCN(CCCc2ccccc2)C1=O. The third-order valence-corrected chi connectivity index (χ3v) is 3.33. The number of rotatable bonds is 5. The summed E-state index contributed by atoms with van der Waals surface area (Å²) in [6.07, 6.45) is 2.24. The van der Waals surface area contributed by atoms with Crippen molar-refractivity contribution in [3.63, 3.8) is 0 Å². The molecule has 96 valence electrons. The van der Waals surface area contributed by atoms with Crippen LogP contribution in [0.15, 0.2) is 30.3 Å². The van der Waals surface area contributed by atoms with Crippen molar-refractivity contribution in [2.75, 3.05) is 13.1 Å². The van der Waals surface area contributed by atoms with E-state index in [-0.39, 0.29) is 5.91 Å². The number of nitrogens with zero attached hydrogens (tertiary/aromatic N) is 1. The molecule has 1 aliphatic heterocycles. The molecular formula is C14H17NO3. The number of amides is 1. The maximum atomic E-state index is 11.7. The molecule has 1 aliphatic rings. The van der Waals surface area contributed by atoms with Crippen molar-refractivity contribution >= 4 is 11.9 Å². The molecule has 0 spiro atoms. The van der Waals surface area contributed by atoms with Crippen molar-refractivity contribution in [1.82, 2.24) is 4.90 Å². The van der Waals surface area contributed by atoms with Crippen LogP contribution < -0.4 is 0 Å². The lowest BCUT2D eigenvalue weighted by Gasteiger charge is -2.15. The highest BCUT2D eigenvalue weighted by Crippen LogP contribution is 2.18. The maximum Gasteiger partial charge on any atom is 0.316 e. The lowest BCUT2D eigenvalue weighted by molar-refractivity contribution is -0.147. The quantitative estimate of drug-likeness (QED) is 0.803. The molecule has 1 unspecified atom stereocenters. The van der Waals surface area contributed by atoms with Crippen molar-refractivity contribution in [2.24, 2.45) is 5.92 Å². The Kier molecular flexibility index (Phi) is 3.97. The maximum absolute atomic E-state index is 11.7. The fourth-order valence-corrected chi connectivity index (χ4v) is 2.31. The molecule has 1 aromatic rings. The number of carbonyl (C=O) groups is 2. The Bertz CT molecular complexity index is 430. The van der Waals surface area contributed by atoms with Crippen LogP contribution in [0.3, 0.4) is 0 Å². The van der Waals surface area contributed by atoms with E-state index in [1.807, 2.05) is 18.2 Å². The molecule has 1 fully saturated rings. The van der Waals surface area contributed by atoms with Crippen LogP contribution in [0.1, 0.15) is 18.4 Å². The van der Waals surface area contributed by atoms with Crippen LogP contribution in [0.2, 0.25) is 0 Å². The second kappa shape index (κ2) is 5.67. The van der Waals surface area contributed by atoms with Crippen molar-refractivity contribution < 1.29 is 14.7 Å². The Morgan fingerprint density at radius 3 is 2.67 bits per heavy atom. The lowest BCUT2D eigenvalue weighted by atomic mass is 10.1. The number of likely N-dealkylation sites (tertiary alicyclic amines) is 1. The molecule has 1 heterocycles. The summed E-state index contributed by atoms with van der Waals surface area (Å²) in [6, 6.07) is 10.1. The predicted molar refractivity (Wildman–Crippen MR) is 67.1 cm³/mol. The van der Waals surface area contributed by atoms with Gasteiger partial charge in [0.25, 0.3) is 0 Å². The van der Waals surface area contributed by atoms with E-state index in [2.05, 4.69) is 12.1 Å². The molecule has 0 aromatic heterocycles. The molecule has 0 aliphatic carbocycles. The monoisotopic (exact) mass is 247 g/mol. The first kappa shape index (κ1) is 12.6.